The van der Waals surface area contributed by atoms with Crippen LogP contribution in [0.5, 0.6) is 0 Å². The summed E-state index contributed by atoms with van der Waals surface area (Å²) in [7, 11) is 0. The van der Waals surface area contributed by atoms with E-state index >= 15 is 0 Å². The normalized spacial score (nSPS) is 17.6. The highest BCUT2D eigenvalue weighted by atomic mass is 32.2. The maximum absolute atomic E-state index is 12.9. The van der Waals surface area contributed by atoms with Crippen LogP contribution < -0.4 is 5.32 Å². The molecule has 0 bridgehead atoms. The van der Waals surface area contributed by atoms with Crippen LogP contribution >= 0.6 is 11.8 Å². The van der Waals surface area contributed by atoms with Gasteiger partial charge >= 0.3 is 0 Å². The number of hydrogen-bond donors (Lipinski definition) is 1. The predicted molar refractivity (Wildman–Crippen MR) is 97.9 cm³/mol. The van der Waals surface area contributed by atoms with Gasteiger partial charge in [-0.05, 0) is 79.6 Å². The highest BCUT2D eigenvalue weighted by molar-refractivity contribution is 8.18. The summed E-state index contributed by atoms with van der Waals surface area (Å²) in [6, 6.07) is 10.0. The standard InChI is InChI=1S/C19H17FN2OS/c1-11-8-12(2)16(13(3)9-11)10-17-18(23)22-19(24-17)21-15-6-4-14(20)5-7-15/h4-10H,1-3H3,(H,21,22,23)/b17-10-. The number of rotatable bonds is 2. The van der Waals surface area contributed by atoms with Gasteiger partial charge in [-0.1, -0.05) is 17.7 Å². The lowest BCUT2D eigenvalue weighted by Gasteiger charge is -2.07. The number of amides is 1. The summed E-state index contributed by atoms with van der Waals surface area (Å²) in [6.07, 6.45) is 1.90. The molecule has 1 heterocycles. The van der Waals surface area contributed by atoms with Crippen LogP contribution in [0.1, 0.15) is 22.3 Å². The van der Waals surface area contributed by atoms with Crippen molar-refractivity contribution in [2.45, 2.75) is 20.8 Å². The first-order valence-electron chi connectivity index (χ1n) is 7.55. The number of aryl methyl sites for hydroxylation is 3. The minimum absolute atomic E-state index is 0.166. The molecule has 2 aromatic carbocycles. The topological polar surface area (TPSA) is 41.5 Å². The van der Waals surface area contributed by atoms with E-state index < -0.39 is 0 Å². The number of nitrogens with zero attached hydrogens (tertiary/aromatic N) is 1. The smallest absolute Gasteiger partial charge is 0.264 e. The highest BCUT2D eigenvalue weighted by Gasteiger charge is 2.24. The molecule has 3 nitrogen and oxygen atoms in total. The number of amidine groups is 1. The quantitative estimate of drug-likeness (QED) is 0.809. The first kappa shape index (κ1) is 16.5. The molecule has 0 atom stereocenters. The molecular formula is C19H17FN2OS. The Hall–Kier alpha value is -2.40. The van der Waals surface area contributed by atoms with E-state index in [-0.39, 0.29) is 11.7 Å². The van der Waals surface area contributed by atoms with Crippen LogP contribution in [0.4, 0.5) is 10.1 Å². The van der Waals surface area contributed by atoms with Gasteiger partial charge in [0.25, 0.3) is 5.91 Å². The first-order chi connectivity index (χ1) is 11.4. The number of carbonyl (C=O) groups excluding carboxylic acids is 1. The molecule has 0 aromatic heterocycles. The lowest BCUT2D eigenvalue weighted by molar-refractivity contribution is -0.115. The second-order valence-electron chi connectivity index (χ2n) is 5.77. The summed E-state index contributed by atoms with van der Waals surface area (Å²) in [5, 5.41) is 3.25. The number of carbonyl (C=O) groups is 1. The lowest BCUT2D eigenvalue weighted by atomic mass is 9.99. The van der Waals surface area contributed by atoms with Crippen LogP contribution in [0.3, 0.4) is 0 Å². The average molecular weight is 340 g/mol. The molecule has 1 N–H and O–H groups in total. The number of aliphatic imine (C=N–C) groups is 1. The van der Waals surface area contributed by atoms with Crippen molar-refractivity contribution in [3.63, 3.8) is 0 Å². The van der Waals surface area contributed by atoms with Gasteiger partial charge < -0.3 is 5.32 Å². The number of hydrogen-bond acceptors (Lipinski definition) is 3. The van der Waals surface area contributed by atoms with Crippen molar-refractivity contribution in [1.82, 2.24) is 5.32 Å². The second-order valence-corrected chi connectivity index (χ2v) is 6.80. The number of thioether (sulfide) groups is 1. The van der Waals surface area contributed by atoms with Gasteiger partial charge in [-0.2, -0.15) is 0 Å². The molecule has 3 rings (SSSR count). The van der Waals surface area contributed by atoms with E-state index in [2.05, 4.69) is 29.4 Å². The second kappa shape index (κ2) is 6.61. The molecule has 0 saturated carbocycles. The molecule has 0 radical (unpaired) electrons. The summed E-state index contributed by atoms with van der Waals surface area (Å²) in [5.41, 5.74) is 5.13. The molecule has 1 aliphatic rings. The van der Waals surface area contributed by atoms with Crippen molar-refractivity contribution in [1.29, 1.82) is 0 Å². The molecule has 1 amide bonds. The van der Waals surface area contributed by atoms with Gasteiger partial charge in [0.1, 0.15) is 5.82 Å². The molecule has 5 heteroatoms. The van der Waals surface area contributed by atoms with E-state index in [1.165, 1.54) is 29.5 Å². The zero-order valence-corrected chi connectivity index (χ0v) is 14.5. The Labute approximate surface area is 144 Å². The summed E-state index contributed by atoms with van der Waals surface area (Å²) in [4.78, 5) is 17.1. The molecule has 122 valence electrons. The number of halogens is 1. The minimum atomic E-state index is -0.312. The molecule has 1 fully saturated rings. The monoisotopic (exact) mass is 340 g/mol. The summed E-state index contributed by atoms with van der Waals surface area (Å²) in [6.45, 7) is 6.14. The van der Waals surface area contributed by atoms with Crippen LogP contribution in [0.15, 0.2) is 46.3 Å². The largest absolute Gasteiger partial charge is 0.300 e. The van der Waals surface area contributed by atoms with Gasteiger partial charge in [-0.3, -0.25) is 4.79 Å². The van der Waals surface area contributed by atoms with Gasteiger partial charge in [0, 0.05) is 0 Å². The predicted octanol–water partition coefficient (Wildman–Crippen LogP) is 4.64. The SMILES string of the molecule is Cc1cc(C)c(/C=C2\SC(=Nc3ccc(F)cc3)NC2=O)c(C)c1. The lowest BCUT2D eigenvalue weighted by Crippen LogP contribution is -2.19. The Morgan fingerprint density at radius 3 is 2.33 bits per heavy atom. The van der Waals surface area contributed by atoms with E-state index in [0.29, 0.717) is 15.8 Å². The summed E-state index contributed by atoms with van der Waals surface area (Å²) in [5.74, 6) is -0.479. The fourth-order valence-electron chi connectivity index (χ4n) is 2.66. The zero-order chi connectivity index (χ0) is 17.3. The maximum atomic E-state index is 12.9. The third-order valence-electron chi connectivity index (χ3n) is 3.72. The van der Waals surface area contributed by atoms with Crippen molar-refractivity contribution in [2.75, 3.05) is 0 Å². The van der Waals surface area contributed by atoms with Crippen LogP contribution in [-0.4, -0.2) is 11.1 Å². The molecule has 1 saturated heterocycles. The molecular weight excluding hydrogens is 323 g/mol. The Balaban J connectivity index is 1.89. The van der Waals surface area contributed by atoms with Gasteiger partial charge in [0.15, 0.2) is 5.17 Å². The van der Waals surface area contributed by atoms with Crippen molar-refractivity contribution in [3.8, 4) is 0 Å². The fourth-order valence-corrected chi connectivity index (χ4v) is 3.49. The van der Waals surface area contributed by atoms with E-state index in [4.69, 9.17) is 0 Å². The highest BCUT2D eigenvalue weighted by Crippen LogP contribution is 2.30. The van der Waals surface area contributed by atoms with Crippen molar-refractivity contribution >= 4 is 34.6 Å². The summed E-state index contributed by atoms with van der Waals surface area (Å²) >= 11 is 1.29. The molecule has 1 aliphatic heterocycles. The van der Waals surface area contributed by atoms with Gasteiger partial charge in [-0.25, -0.2) is 9.38 Å². The van der Waals surface area contributed by atoms with Gasteiger partial charge in [-0.15, -0.1) is 0 Å². The average Bonchev–Trinajstić information content (AvgIpc) is 2.85. The van der Waals surface area contributed by atoms with Crippen LogP contribution in [0.25, 0.3) is 6.08 Å². The van der Waals surface area contributed by atoms with E-state index in [9.17, 15) is 9.18 Å². The summed E-state index contributed by atoms with van der Waals surface area (Å²) < 4.78 is 12.9. The van der Waals surface area contributed by atoms with E-state index in [0.717, 1.165) is 16.7 Å². The molecule has 2 aromatic rings. The van der Waals surface area contributed by atoms with Crippen LogP contribution in [-0.2, 0) is 4.79 Å². The van der Waals surface area contributed by atoms with Crippen molar-refractivity contribution in [2.24, 2.45) is 4.99 Å². The Bertz CT molecular complexity index is 846. The Morgan fingerprint density at radius 1 is 1.08 bits per heavy atom. The Morgan fingerprint density at radius 2 is 1.71 bits per heavy atom. The van der Waals surface area contributed by atoms with E-state index in [1.807, 2.05) is 19.9 Å². The molecule has 0 spiro atoms. The fraction of sp³-hybridized carbons (Fsp3) is 0.158. The third kappa shape index (κ3) is 3.57. The Kier molecular flexibility index (Phi) is 4.53. The number of nitrogens with one attached hydrogen (secondary N) is 1. The van der Waals surface area contributed by atoms with E-state index in [1.54, 1.807) is 12.1 Å². The minimum Gasteiger partial charge on any atom is -0.300 e. The van der Waals surface area contributed by atoms with Crippen molar-refractivity contribution in [3.05, 3.63) is 69.4 Å². The van der Waals surface area contributed by atoms with Crippen LogP contribution in [0.2, 0.25) is 0 Å². The van der Waals surface area contributed by atoms with Crippen molar-refractivity contribution < 1.29 is 9.18 Å². The molecule has 0 unspecified atom stereocenters. The first-order valence-corrected chi connectivity index (χ1v) is 8.37. The molecule has 0 aliphatic carbocycles. The zero-order valence-electron chi connectivity index (χ0n) is 13.7. The molecule has 24 heavy (non-hydrogen) atoms. The third-order valence-corrected chi connectivity index (χ3v) is 4.63. The maximum Gasteiger partial charge on any atom is 0.264 e. The van der Waals surface area contributed by atoms with Gasteiger partial charge in [0.05, 0.1) is 10.6 Å². The van der Waals surface area contributed by atoms with Gasteiger partial charge in [0.2, 0.25) is 0 Å². The number of benzene rings is 2. The van der Waals surface area contributed by atoms with Crippen LogP contribution in [0, 0.1) is 26.6 Å².